The number of nitrogens with one attached hydrogen (secondary N) is 3. The highest BCUT2D eigenvalue weighted by molar-refractivity contribution is 7.88. The lowest BCUT2D eigenvalue weighted by Crippen LogP contribution is -2.49. The van der Waals surface area contributed by atoms with Crippen LogP contribution in [0, 0.1) is 57.3 Å². The van der Waals surface area contributed by atoms with E-state index in [-0.39, 0.29) is 60.1 Å². The second kappa shape index (κ2) is 40.5. The number of likely N-dealkylation sites (tertiary alicyclic amines) is 2. The van der Waals surface area contributed by atoms with E-state index in [0.29, 0.717) is 116 Å². The van der Waals surface area contributed by atoms with Gasteiger partial charge in [-0.3, -0.25) is 14.4 Å². The van der Waals surface area contributed by atoms with Crippen molar-refractivity contribution in [2.24, 2.45) is 0 Å². The van der Waals surface area contributed by atoms with Crippen molar-refractivity contribution in [3.63, 3.8) is 0 Å². The largest absolute Gasteiger partial charge is 0.450 e. The fraction of sp³-hybridized carbons (Fsp3) is 0.302. The molecule has 4 aliphatic rings. The summed E-state index contributed by atoms with van der Waals surface area (Å²) in [5, 5.41) is 36.8. The molecule has 0 unspecified atom stereocenters. The summed E-state index contributed by atoms with van der Waals surface area (Å²) in [5.41, 5.74) is 11.7. The fourth-order valence-corrected chi connectivity index (χ4v) is 18.2. The van der Waals surface area contributed by atoms with Crippen LogP contribution in [-0.2, 0) is 50.3 Å². The molecule has 24 heteroatoms. The SMILES string of the molecule is CCOC(=O)N1CCC(CCC(=O)Nc2ccc(F)c(F)c2)(c2ccc(-c3cccc(C#N)c3)cc2)CC1.CS(=O)(=O)N1CCC(CCC(=O)Nc2ccc(F)c(F)c2)(c2ccc(-c3cccc(C#N)c3)cc2)CC1.N#Cc1cccc(-c2ccc(C3(OCC(=O)Nc4cc(Cl)cc(Cl)c4)CCN(C4CCC(c5ccccc5)CC4)CC3)cc2)c1. The average Bonchev–Trinajstić information content (AvgIpc) is 0.786. The highest BCUT2D eigenvalue weighted by Gasteiger charge is 2.43. The molecule has 0 radical (unpaired) electrons. The summed E-state index contributed by atoms with van der Waals surface area (Å²) in [6.45, 7) is 5.50. The number of carbonyl (C=O) groups is 4. The Morgan fingerprint density at radius 2 is 0.883 bits per heavy atom. The first-order chi connectivity index (χ1) is 57.8. The Labute approximate surface area is 708 Å². The van der Waals surface area contributed by atoms with Crippen LogP contribution in [0.1, 0.15) is 142 Å². The fourth-order valence-electron chi connectivity index (χ4n) is 16.8. The smallest absolute Gasteiger partial charge is 0.409 e. The van der Waals surface area contributed by atoms with E-state index < -0.39 is 44.3 Å². The van der Waals surface area contributed by atoms with Crippen molar-refractivity contribution >= 4 is 74.1 Å². The lowest BCUT2D eigenvalue weighted by Gasteiger charge is -2.46. The average molecular weight is 1680 g/mol. The molecule has 14 rings (SSSR count). The number of hydrogen-bond acceptors (Lipinski definition) is 12. The number of halogens is 6. The molecule has 1 aliphatic carbocycles. The summed E-state index contributed by atoms with van der Waals surface area (Å²) in [4.78, 5) is 55.1. The van der Waals surface area contributed by atoms with Gasteiger partial charge in [-0.1, -0.05) is 163 Å². The van der Waals surface area contributed by atoms with Crippen LogP contribution in [-0.4, -0.2) is 111 Å². The van der Waals surface area contributed by atoms with Crippen LogP contribution in [0.25, 0.3) is 33.4 Å². The molecule has 3 saturated heterocycles. The van der Waals surface area contributed by atoms with E-state index in [9.17, 15) is 60.9 Å². The standard InChI is InChI=1S/C38H37Cl2N3O2.C30H29F2N3O3.C28H27F2N3O3S/c39-33-22-34(40)24-35(23-33)42-37(44)26-45-38(32-13-9-30(10-14-32)31-8-4-5-27(21-31)25-41)17-19-43(20-18-38)36-15-11-29(12-16-36)28-6-2-1-3-7-28;1-2-38-29(37)35-16-14-30(15-17-35,13-12-28(36)34-25-10-11-26(31)27(32)19-25)24-8-6-22(7-9-24)23-5-3-4-21(18-23)20-33;1-37(35,36)33-15-13-28(14-16-33,12-11-27(34)32-24-9-10-25(29)26(30)18-24)23-7-5-21(6-8-23)22-4-2-3-20(17-22)19-31/h1-10,13-14,21-24,29,36H,11-12,15-20,26H2,(H,42,44);3-11,18-19H,2,12-17H2,1H3,(H,34,36);2-10,17-18H,11-16H2,1H3,(H,32,34). The zero-order chi connectivity index (χ0) is 85.0. The van der Waals surface area contributed by atoms with Crippen LogP contribution >= 0.6 is 23.2 Å². The lowest BCUT2D eigenvalue weighted by atomic mass is 9.69. The topological polar surface area (TPSA) is 238 Å². The second-order valence-corrected chi connectivity index (χ2v) is 33.9. The van der Waals surface area contributed by atoms with Gasteiger partial charge in [-0.05, 0) is 235 Å². The molecule has 3 aliphatic heterocycles. The van der Waals surface area contributed by atoms with Gasteiger partial charge in [-0.25, -0.2) is 35.1 Å². The minimum atomic E-state index is -3.33. The molecule has 17 nitrogen and oxygen atoms in total. The predicted octanol–water partition coefficient (Wildman–Crippen LogP) is 20.8. The number of anilines is 3. The van der Waals surface area contributed by atoms with Gasteiger partial charge in [0.2, 0.25) is 27.7 Å². The molecular weight excluding hydrogens is 1590 g/mol. The van der Waals surface area contributed by atoms with Gasteiger partial charge in [0.25, 0.3) is 0 Å². The van der Waals surface area contributed by atoms with Crippen LogP contribution in [0.4, 0.5) is 39.4 Å². The van der Waals surface area contributed by atoms with Gasteiger partial charge in [0.15, 0.2) is 23.3 Å². The summed E-state index contributed by atoms with van der Waals surface area (Å²) >= 11 is 12.3. The number of carbonyl (C=O) groups excluding carboxylic acids is 4. The van der Waals surface area contributed by atoms with Gasteiger partial charge in [0, 0.05) is 97.4 Å². The maximum absolute atomic E-state index is 13.6. The highest BCUT2D eigenvalue weighted by Crippen LogP contribution is 2.45. The first-order valence-electron chi connectivity index (χ1n) is 40.2. The Balaban J connectivity index is 0.000000166. The molecular formula is C96H93Cl2F4N9O8S. The van der Waals surface area contributed by atoms with Crippen molar-refractivity contribution in [2.45, 2.75) is 125 Å². The Bertz CT molecular complexity index is 5500. The maximum Gasteiger partial charge on any atom is 0.409 e. The second-order valence-electron chi connectivity index (χ2n) is 31.0. The number of hydrogen-bond donors (Lipinski definition) is 3. The van der Waals surface area contributed by atoms with Crippen LogP contribution in [0.2, 0.25) is 10.0 Å². The number of benzene rings is 10. The van der Waals surface area contributed by atoms with Crippen LogP contribution in [0.3, 0.4) is 0 Å². The van der Waals surface area contributed by atoms with Gasteiger partial charge in [-0.15, -0.1) is 0 Å². The molecule has 618 valence electrons. The minimum Gasteiger partial charge on any atom is -0.450 e. The Morgan fingerprint density at radius 3 is 1.30 bits per heavy atom. The molecule has 0 bridgehead atoms. The third-order valence-electron chi connectivity index (χ3n) is 23.6. The van der Waals surface area contributed by atoms with Gasteiger partial charge < -0.3 is 35.2 Å². The Morgan fingerprint density at radius 1 is 0.458 bits per heavy atom. The van der Waals surface area contributed by atoms with Crippen molar-refractivity contribution in [1.82, 2.24) is 14.1 Å². The van der Waals surface area contributed by atoms with Crippen LogP contribution < -0.4 is 16.0 Å². The third kappa shape index (κ3) is 22.9. The van der Waals surface area contributed by atoms with E-state index in [4.69, 9.17) is 32.7 Å². The molecule has 4 fully saturated rings. The van der Waals surface area contributed by atoms with E-state index in [0.717, 1.165) is 100 Å². The minimum absolute atomic E-state index is 0.0850. The quantitative estimate of drug-likeness (QED) is 0.0537. The molecule has 0 aromatic heterocycles. The summed E-state index contributed by atoms with van der Waals surface area (Å²) in [6, 6.07) is 76.2. The maximum atomic E-state index is 13.6. The van der Waals surface area contributed by atoms with Gasteiger partial charge >= 0.3 is 6.09 Å². The Kier molecular flexibility index (Phi) is 29.6. The first-order valence-corrected chi connectivity index (χ1v) is 42.8. The van der Waals surface area contributed by atoms with Crippen molar-refractivity contribution in [1.29, 1.82) is 15.8 Å². The monoisotopic (exact) mass is 1680 g/mol. The van der Waals surface area contributed by atoms with Gasteiger partial charge in [0.05, 0.1) is 53.4 Å². The number of rotatable bonds is 22. The van der Waals surface area contributed by atoms with Gasteiger partial charge in [-0.2, -0.15) is 15.8 Å². The number of nitrogens with zero attached hydrogens (tertiary/aromatic N) is 6. The third-order valence-corrected chi connectivity index (χ3v) is 25.3. The molecule has 4 amide bonds. The van der Waals surface area contributed by atoms with Crippen LogP contribution in [0.5, 0.6) is 0 Å². The predicted molar refractivity (Wildman–Crippen MR) is 460 cm³/mol. The molecule has 120 heavy (non-hydrogen) atoms. The van der Waals surface area contributed by atoms with E-state index in [1.54, 1.807) is 42.2 Å². The number of amides is 4. The Hall–Kier alpha value is -11.5. The normalized spacial score (nSPS) is 16.8. The van der Waals surface area contributed by atoms with Crippen LogP contribution in [0.15, 0.2) is 231 Å². The van der Waals surface area contributed by atoms with E-state index in [1.165, 1.54) is 53.9 Å². The van der Waals surface area contributed by atoms with Crippen molar-refractivity contribution in [3.05, 3.63) is 303 Å². The molecule has 10 aromatic rings. The summed E-state index contributed by atoms with van der Waals surface area (Å²) in [5.74, 6) is -4.26. The zero-order valence-corrected chi connectivity index (χ0v) is 69.1. The van der Waals surface area contributed by atoms with Gasteiger partial charge in [0.1, 0.15) is 6.61 Å². The summed E-state index contributed by atoms with van der Waals surface area (Å²) < 4.78 is 90.9. The van der Waals surface area contributed by atoms with Crippen molar-refractivity contribution in [3.8, 4) is 51.6 Å². The molecule has 1 saturated carbocycles. The lowest BCUT2D eigenvalue weighted by molar-refractivity contribution is -0.136. The van der Waals surface area contributed by atoms with Crippen molar-refractivity contribution in [2.75, 3.05) is 74.7 Å². The number of sulfonamides is 1. The van der Waals surface area contributed by atoms with E-state index >= 15 is 0 Å². The summed E-state index contributed by atoms with van der Waals surface area (Å²) in [6.07, 6.45) is 10.9. The van der Waals surface area contributed by atoms with E-state index in [2.05, 4.69) is 93.7 Å². The van der Waals surface area contributed by atoms with Crippen molar-refractivity contribution < 1.29 is 54.6 Å². The molecule has 3 heterocycles. The number of nitriles is 3. The molecule has 3 N–H and O–H groups in total. The number of piperidine rings is 3. The number of ether oxygens (including phenoxy) is 2. The first kappa shape index (κ1) is 87.8. The molecule has 10 aromatic carbocycles. The van der Waals surface area contributed by atoms with E-state index in [1.807, 2.05) is 109 Å². The summed E-state index contributed by atoms with van der Waals surface area (Å²) in [7, 11) is -3.33. The molecule has 0 spiro atoms. The molecule has 0 atom stereocenters. The highest BCUT2D eigenvalue weighted by atomic mass is 35.5. The zero-order valence-electron chi connectivity index (χ0n) is 66.8.